The minimum absolute atomic E-state index is 0.107. The molecule has 2 N–H and O–H groups in total. The van der Waals surface area contributed by atoms with E-state index in [0.29, 0.717) is 17.1 Å². The minimum Gasteiger partial charge on any atom is -0.459 e. The van der Waals surface area contributed by atoms with Crippen molar-refractivity contribution in [1.29, 1.82) is 0 Å². The van der Waals surface area contributed by atoms with Gasteiger partial charge in [-0.3, -0.25) is 14.3 Å². The molecule has 0 unspecified atom stereocenters. The predicted molar refractivity (Wildman–Crippen MR) is 124 cm³/mol. The van der Waals surface area contributed by atoms with Gasteiger partial charge in [-0.15, -0.1) is 0 Å². The molecule has 0 spiro atoms. The molecule has 9 heteroatoms. The maximum atomic E-state index is 12.4. The second-order valence-electron chi connectivity index (χ2n) is 9.07. The number of hydrogen-bond acceptors (Lipinski definition) is 7. The molecule has 0 saturated heterocycles. The maximum absolute atomic E-state index is 12.4. The topological polar surface area (TPSA) is 111 Å². The van der Waals surface area contributed by atoms with Crippen LogP contribution in [-0.2, 0) is 28.9 Å². The first-order valence-electron chi connectivity index (χ1n) is 10.9. The Morgan fingerprint density at radius 3 is 2.33 bits per heavy atom. The third-order valence-corrected chi connectivity index (χ3v) is 5.26. The third kappa shape index (κ3) is 5.36. The zero-order chi connectivity index (χ0) is 23.6. The second kappa shape index (κ2) is 9.01. The van der Waals surface area contributed by atoms with E-state index < -0.39 is 11.6 Å². The molecule has 2 heterocycles. The predicted octanol–water partition coefficient (Wildman–Crippen LogP) is 2.62. The van der Waals surface area contributed by atoms with Crippen molar-refractivity contribution >= 4 is 17.8 Å². The van der Waals surface area contributed by atoms with Crippen molar-refractivity contribution in [2.45, 2.75) is 51.8 Å². The zero-order valence-corrected chi connectivity index (χ0v) is 19.3. The number of carbonyl (C=O) groups is 2. The lowest BCUT2D eigenvalue weighted by molar-refractivity contribution is -0.155. The Labute approximate surface area is 192 Å². The number of rotatable bonds is 6. The van der Waals surface area contributed by atoms with Crippen molar-refractivity contribution in [3.63, 3.8) is 0 Å². The summed E-state index contributed by atoms with van der Waals surface area (Å²) in [6.07, 6.45) is 6.80. The fraction of sp³-hybridized carbons (Fsp3) is 0.375. The molecule has 1 aliphatic rings. The maximum Gasteiger partial charge on any atom is 0.328 e. The van der Waals surface area contributed by atoms with Gasteiger partial charge in [0.05, 0.1) is 0 Å². The van der Waals surface area contributed by atoms with Crippen LogP contribution in [0.25, 0.3) is 11.1 Å². The number of benzene rings is 1. The summed E-state index contributed by atoms with van der Waals surface area (Å²) in [4.78, 5) is 33.5. The van der Waals surface area contributed by atoms with Gasteiger partial charge >= 0.3 is 5.97 Å². The van der Waals surface area contributed by atoms with Crippen LogP contribution >= 0.6 is 0 Å². The van der Waals surface area contributed by atoms with Crippen LogP contribution in [0.1, 0.15) is 42.4 Å². The van der Waals surface area contributed by atoms with E-state index in [0.717, 1.165) is 12.8 Å². The van der Waals surface area contributed by atoms with Gasteiger partial charge in [0.15, 0.2) is 5.69 Å². The number of nitrogens with zero attached hydrogens (tertiary/aromatic N) is 4. The Morgan fingerprint density at radius 2 is 1.76 bits per heavy atom. The van der Waals surface area contributed by atoms with Crippen molar-refractivity contribution in [2.75, 3.05) is 12.4 Å². The molecule has 0 fully saturated rings. The van der Waals surface area contributed by atoms with Gasteiger partial charge < -0.3 is 15.4 Å². The van der Waals surface area contributed by atoms with Crippen LogP contribution in [0.3, 0.4) is 0 Å². The summed E-state index contributed by atoms with van der Waals surface area (Å²) in [5, 5.41) is 10.3. The van der Waals surface area contributed by atoms with Crippen LogP contribution in [0, 0.1) is 0 Å². The molecule has 172 valence electrons. The molecule has 0 radical (unpaired) electrons. The molecule has 0 aliphatic heterocycles. The molecular formula is C24H28N6O3. The summed E-state index contributed by atoms with van der Waals surface area (Å²) in [5.74, 6) is -0.272. The van der Waals surface area contributed by atoms with Gasteiger partial charge in [-0.25, -0.2) is 9.97 Å². The van der Waals surface area contributed by atoms with Crippen molar-refractivity contribution in [3.05, 3.63) is 59.7 Å². The van der Waals surface area contributed by atoms with Crippen LogP contribution in [0.5, 0.6) is 0 Å². The lowest BCUT2D eigenvalue weighted by Crippen LogP contribution is -2.27. The highest BCUT2D eigenvalue weighted by Crippen LogP contribution is 2.25. The van der Waals surface area contributed by atoms with Gasteiger partial charge in [-0.05, 0) is 44.7 Å². The smallest absolute Gasteiger partial charge is 0.328 e. The Morgan fingerprint density at radius 1 is 1.12 bits per heavy atom. The summed E-state index contributed by atoms with van der Waals surface area (Å²) in [7, 11) is 1.53. The van der Waals surface area contributed by atoms with E-state index in [-0.39, 0.29) is 24.2 Å². The van der Waals surface area contributed by atoms with Crippen LogP contribution in [0.2, 0.25) is 0 Å². The van der Waals surface area contributed by atoms with Crippen LogP contribution in [0.15, 0.2) is 42.9 Å². The molecule has 2 aromatic heterocycles. The molecule has 1 aromatic carbocycles. The zero-order valence-electron chi connectivity index (χ0n) is 19.3. The summed E-state index contributed by atoms with van der Waals surface area (Å²) in [5.41, 5.74) is 3.45. The molecule has 1 aliphatic carbocycles. The Bertz CT molecular complexity index is 1140. The molecule has 0 saturated carbocycles. The lowest BCUT2D eigenvalue weighted by atomic mass is 10.1. The average Bonchev–Trinajstić information content (AvgIpc) is 3.36. The van der Waals surface area contributed by atoms with E-state index in [4.69, 9.17) is 4.74 Å². The van der Waals surface area contributed by atoms with E-state index in [2.05, 4.69) is 50.0 Å². The number of anilines is 1. The summed E-state index contributed by atoms with van der Waals surface area (Å²) < 4.78 is 6.75. The van der Waals surface area contributed by atoms with E-state index in [9.17, 15) is 9.59 Å². The van der Waals surface area contributed by atoms with E-state index in [1.165, 1.54) is 22.9 Å². The summed E-state index contributed by atoms with van der Waals surface area (Å²) in [6.45, 7) is 5.29. The average molecular weight is 449 g/mol. The monoisotopic (exact) mass is 448 g/mol. The number of carbonyl (C=O) groups excluding carboxylic acids is 2. The molecule has 9 nitrogen and oxygen atoms in total. The number of fused-ring (bicyclic) bond motifs is 1. The third-order valence-electron chi connectivity index (χ3n) is 5.26. The highest BCUT2D eigenvalue weighted by Gasteiger charge is 2.23. The van der Waals surface area contributed by atoms with Crippen LogP contribution in [-0.4, -0.2) is 50.3 Å². The van der Waals surface area contributed by atoms with E-state index in [1.54, 1.807) is 39.4 Å². The summed E-state index contributed by atoms with van der Waals surface area (Å²) in [6, 6.07) is 8.65. The number of amides is 1. The second-order valence-corrected chi connectivity index (χ2v) is 9.07. The standard InChI is InChI=1S/C24H28N6O3/c1-24(2,3)33-20(31)14-30-13-19(21(29-30)22(32)25-4)17-11-26-23(27-12-17)28-18-9-15-7-5-6-8-16(15)10-18/h5-8,11-13,18H,9-10,14H2,1-4H3,(H,25,32)(H,26,27,28). The van der Waals surface area contributed by atoms with Gasteiger partial charge in [0.2, 0.25) is 5.95 Å². The molecule has 0 bridgehead atoms. The van der Waals surface area contributed by atoms with E-state index >= 15 is 0 Å². The number of aromatic nitrogens is 4. The van der Waals surface area contributed by atoms with Crippen molar-refractivity contribution in [2.24, 2.45) is 0 Å². The molecule has 33 heavy (non-hydrogen) atoms. The minimum atomic E-state index is -0.603. The number of hydrogen-bond donors (Lipinski definition) is 2. The van der Waals surface area contributed by atoms with Crippen molar-refractivity contribution in [3.8, 4) is 11.1 Å². The van der Waals surface area contributed by atoms with Gasteiger partial charge in [-0.2, -0.15) is 5.10 Å². The fourth-order valence-electron chi connectivity index (χ4n) is 3.89. The molecular weight excluding hydrogens is 420 g/mol. The highest BCUT2D eigenvalue weighted by atomic mass is 16.6. The first-order valence-corrected chi connectivity index (χ1v) is 10.9. The number of nitrogens with one attached hydrogen (secondary N) is 2. The molecule has 1 amide bonds. The normalized spacial score (nSPS) is 13.5. The number of ether oxygens (including phenoxy) is 1. The SMILES string of the molecule is CNC(=O)c1nn(CC(=O)OC(C)(C)C)cc1-c1cnc(NC2Cc3ccccc3C2)nc1. The Kier molecular flexibility index (Phi) is 6.13. The first kappa shape index (κ1) is 22.4. The van der Waals surface area contributed by atoms with Crippen LogP contribution < -0.4 is 10.6 Å². The van der Waals surface area contributed by atoms with Crippen LogP contribution in [0.4, 0.5) is 5.95 Å². The van der Waals surface area contributed by atoms with E-state index in [1.807, 2.05) is 0 Å². The van der Waals surface area contributed by atoms with Gasteiger partial charge in [0, 0.05) is 42.8 Å². The highest BCUT2D eigenvalue weighted by molar-refractivity contribution is 5.98. The molecule has 3 aromatic rings. The molecule has 0 atom stereocenters. The summed E-state index contributed by atoms with van der Waals surface area (Å²) >= 11 is 0. The fourth-order valence-corrected chi connectivity index (χ4v) is 3.89. The first-order chi connectivity index (χ1) is 15.7. The van der Waals surface area contributed by atoms with Gasteiger partial charge in [0.1, 0.15) is 12.1 Å². The number of esters is 1. The van der Waals surface area contributed by atoms with Crippen molar-refractivity contribution in [1.82, 2.24) is 25.1 Å². The quantitative estimate of drug-likeness (QED) is 0.558. The van der Waals surface area contributed by atoms with Gasteiger partial charge in [0.25, 0.3) is 5.91 Å². The van der Waals surface area contributed by atoms with Crippen molar-refractivity contribution < 1.29 is 14.3 Å². The largest absolute Gasteiger partial charge is 0.459 e. The Hall–Kier alpha value is -3.75. The lowest BCUT2D eigenvalue weighted by Gasteiger charge is -2.19. The van der Waals surface area contributed by atoms with Gasteiger partial charge in [-0.1, -0.05) is 24.3 Å². The molecule has 4 rings (SSSR count). The Balaban J connectivity index is 1.50.